The van der Waals surface area contributed by atoms with Crippen LogP contribution in [0.4, 0.5) is 16.2 Å². The van der Waals surface area contributed by atoms with Crippen LogP contribution in [0.3, 0.4) is 0 Å². The van der Waals surface area contributed by atoms with E-state index >= 15 is 0 Å². The molecule has 0 aliphatic rings. The Morgan fingerprint density at radius 3 is 2.21 bits per heavy atom. The highest BCUT2D eigenvalue weighted by Crippen LogP contribution is 2.30. The molecular weight excluding hydrogens is 440 g/mol. The zero-order valence-corrected chi connectivity index (χ0v) is 17.3. The SMILES string of the molecule is CNC(=O)Nc1ccc(NC(=O)c2cccnc2Sc2ccc(Br)cc2)cc1. The number of amides is 3. The maximum absolute atomic E-state index is 12.7. The van der Waals surface area contributed by atoms with Gasteiger partial charge in [-0.2, -0.15) is 0 Å². The first-order valence-corrected chi connectivity index (χ1v) is 9.94. The summed E-state index contributed by atoms with van der Waals surface area (Å²) >= 11 is 4.84. The Balaban J connectivity index is 1.72. The number of pyridine rings is 1. The van der Waals surface area contributed by atoms with Gasteiger partial charge in [-0.3, -0.25) is 4.79 Å². The Morgan fingerprint density at radius 1 is 0.929 bits per heavy atom. The second-order valence-corrected chi connectivity index (χ2v) is 7.63. The van der Waals surface area contributed by atoms with Crippen LogP contribution in [0.25, 0.3) is 0 Å². The van der Waals surface area contributed by atoms with Crippen LogP contribution in [0.2, 0.25) is 0 Å². The molecule has 0 saturated heterocycles. The summed E-state index contributed by atoms with van der Waals surface area (Å²) in [6.45, 7) is 0. The minimum atomic E-state index is -0.304. The van der Waals surface area contributed by atoms with E-state index in [1.165, 1.54) is 11.8 Å². The fraction of sp³-hybridized carbons (Fsp3) is 0.0500. The van der Waals surface area contributed by atoms with E-state index in [1.807, 2.05) is 24.3 Å². The van der Waals surface area contributed by atoms with Gasteiger partial charge < -0.3 is 16.0 Å². The number of rotatable bonds is 5. The average Bonchev–Trinajstić information content (AvgIpc) is 2.71. The number of hydrogen-bond acceptors (Lipinski definition) is 4. The summed E-state index contributed by atoms with van der Waals surface area (Å²) in [6, 6.07) is 17.9. The molecule has 2 aromatic carbocycles. The van der Waals surface area contributed by atoms with E-state index in [9.17, 15) is 9.59 Å². The number of hydrogen-bond donors (Lipinski definition) is 3. The van der Waals surface area contributed by atoms with Crippen molar-refractivity contribution in [1.82, 2.24) is 10.3 Å². The molecule has 0 aliphatic heterocycles. The van der Waals surface area contributed by atoms with Crippen LogP contribution >= 0.6 is 27.7 Å². The predicted molar refractivity (Wildman–Crippen MR) is 115 cm³/mol. The summed E-state index contributed by atoms with van der Waals surface area (Å²) in [5, 5.41) is 8.63. The van der Waals surface area contributed by atoms with Crippen LogP contribution in [0.1, 0.15) is 10.4 Å². The van der Waals surface area contributed by atoms with Gasteiger partial charge in [0.15, 0.2) is 0 Å². The average molecular weight is 457 g/mol. The minimum absolute atomic E-state index is 0.250. The molecule has 142 valence electrons. The summed E-state index contributed by atoms with van der Waals surface area (Å²) in [5.41, 5.74) is 1.74. The number of urea groups is 1. The molecule has 0 spiro atoms. The molecule has 0 radical (unpaired) electrons. The molecule has 0 saturated carbocycles. The van der Waals surface area contributed by atoms with Crippen LogP contribution in [0, 0.1) is 0 Å². The third-order valence-electron chi connectivity index (χ3n) is 3.67. The van der Waals surface area contributed by atoms with Crippen molar-refractivity contribution in [3.8, 4) is 0 Å². The van der Waals surface area contributed by atoms with Gasteiger partial charge in [-0.05, 0) is 60.7 Å². The molecule has 0 bridgehead atoms. The van der Waals surface area contributed by atoms with Crippen molar-refractivity contribution in [1.29, 1.82) is 0 Å². The highest BCUT2D eigenvalue weighted by atomic mass is 79.9. The van der Waals surface area contributed by atoms with E-state index in [-0.39, 0.29) is 11.9 Å². The summed E-state index contributed by atoms with van der Waals surface area (Å²) in [7, 11) is 1.54. The van der Waals surface area contributed by atoms with Gasteiger partial charge in [0.25, 0.3) is 5.91 Å². The summed E-state index contributed by atoms with van der Waals surface area (Å²) in [4.78, 5) is 29.4. The lowest BCUT2D eigenvalue weighted by Crippen LogP contribution is -2.24. The normalized spacial score (nSPS) is 10.2. The Hall–Kier alpha value is -2.84. The maximum atomic E-state index is 12.7. The molecule has 1 heterocycles. The summed E-state index contributed by atoms with van der Waals surface area (Å²) in [5.74, 6) is -0.250. The van der Waals surface area contributed by atoms with Crippen molar-refractivity contribution in [3.63, 3.8) is 0 Å². The van der Waals surface area contributed by atoms with Crippen LogP contribution in [0.5, 0.6) is 0 Å². The van der Waals surface area contributed by atoms with Crippen molar-refractivity contribution in [2.45, 2.75) is 9.92 Å². The monoisotopic (exact) mass is 456 g/mol. The zero-order valence-electron chi connectivity index (χ0n) is 14.9. The van der Waals surface area contributed by atoms with E-state index < -0.39 is 0 Å². The lowest BCUT2D eigenvalue weighted by molar-refractivity contribution is 0.102. The largest absolute Gasteiger partial charge is 0.341 e. The lowest BCUT2D eigenvalue weighted by atomic mass is 10.2. The van der Waals surface area contributed by atoms with Crippen molar-refractivity contribution >= 4 is 51.0 Å². The molecule has 3 N–H and O–H groups in total. The highest BCUT2D eigenvalue weighted by Gasteiger charge is 2.14. The third kappa shape index (κ3) is 5.34. The first-order chi connectivity index (χ1) is 13.5. The van der Waals surface area contributed by atoms with E-state index in [0.717, 1.165) is 9.37 Å². The number of nitrogens with zero attached hydrogens (tertiary/aromatic N) is 1. The third-order valence-corrected chi connectivity index (χ3v) is 5.23. The minimum Gasteiger partial charge on any atom is -0.341 e. The second kappa shape index (κ2) is 9.38. The van der Waals surface area contributed by atoms with Crippen LogP contribution < -0.4 is 16.0 Å². The van der Waals surface area contributed by atoms with E-state index in [0.29, 0.717) is 22.0 Å². The molecule has 8 heteroatoms. The summed E-state index contributed by atoms with van der Waals surface area (Å²) in [6.07, 6.45) is 1.66. The lowest BCUT2D eigenvalue weighted by Gasteiger charge is -2.10. The number of halogens is 1. The molecule has 3 rings (SSSR count). The Labute approximate surface area is 175 Å². The van der Waals surface area contributed by atoms with E-state index in [2.05, 4.69) is 36.9 Å². The second-order valence-electron chi connectivity index (χ2n) is 5.65. The van der Waals surface area contributed by atoms with Crippen LogP contribution in [0.15, 0.2) is 81.3 Å². The molecule has 3 amide bonds. The molecular formula is C20H17BrN4O2S. The zero-order chi connectivity index (χ0) is 19.9. The molecule has 3 aromatic rings. The standard InChI is InChI=1S/C20H17BrN4O2S/c1-22-20(27)25-15-8-6-14(7-9-15)24-18(26)17-3-2-12-23-19(17)28-16-10-4-13(21)5-11-16/h2-12H,1H3,(H,24,26)(H2,22,25,27). The van der Waals surface area contributed by atoms with Crippen molar-refractivity contribution < 1.29 is 9.59 Å². The molecule has 0 aliphatic carbocycles. The number of anilines is 2. The smallest absolute Gasteiger partial charge is 0.318 e. The molecule has 6 nitrogen and oxygen atoms in total. The van der Waals surface area contributed by atoms with Gasteiger partial charge in [0.2, 0.25) is 0 Å². The first-order valence-electron chi connectivity index (χ1n) is 8.34. The van der Waals surface area contributed by atoms with Crippen molar-refractivity contribution in [2.75, 3.05) is 17.7 Å². The number of carbonyl (C=O) groups is 2. The van der Waals surface area contributed by atoms with Gasteiger partial charge in [-0.25, -0.2) is 9.78 Å². The van der Waals surface area contributed by atoms with Crippen LogP contribution in [-0.2, 0) is 0 Å². The highest BCUT2D eigenvalue weighted by molar-refractivity contribution is 9.10. The number of nitrogens with one attached hydrogen (secondary N) is 3. The quantitative estimate of drug-likeness (QED) is 0.504. The van der Waals surface area contributed by atoms with Gasteiger partial charge in [-0.1, -0.05) is 27.7 Å². The molecule has 0 fully saturated rings. The first kappa shape index (κ1) is 19.9. The summed E-state index contributed by atoms with van der Waals surface area (Å²) < 4.78 is 0.991. The molecule has 0 atom stereocenters. The van der Waals surface area contributed by atoms with E-state index in [4.69, 9.17) is 0 Å². The van der Waals surface area contributed by atoms with Crippen LogP contribution in [-0.4, -0.2) is 24.0 Å². The van der Waals surface area contributed by atoms with Crippen molar-refractivity contribution in [3.05, 3.63) is 76.9 Å². The molecule has 28 heavy (non-hydrogen) atoms. The topological polar surface area (TPSA) is 83.1 Å². The number of carbonyl (C=O) groups excluding carboxylic acids is 2. The Kier molecular flexibility index (Phi) is 6.67. The fourth-order valence-corrected chi connectivity index (χ4v) is 3.43. The van der Waals surface area contributed by atoms with Gasteiger partial charge in [0, 0.05) is 34.0 Å². The molecule has 0 unspecified atom stereocenters. The predicted octanol–water partition coefficient (Wildman–Crippen LogP) is 5.00. The Bertz CT molecular complexity index is 978. The van der Waals surface area contributed by atoms with Gasteiger partial charge in [0.1, 0.15) is 5.03 Å². The van der Waals surface area contributed by atoms with Gasteiger partial charge >= 0.3 is 6.03 Å². The van der Waals surface area contributed by atoms with Crippen molar-refractivity contribution in [2.24, 2.45) is 0 Å². The number of aromatic nitrogens is 1. The Morgan fingerprint density at radius 2 is 1.57 bits per heavy atom. The van der Waals surface area contributed by atoms with Gasteiger partial charge in [0.05, 0.1) is 5.56 Å². The number of benzene rings is 2. The maximum Gasteiger partial charge on any atom is 0.318 e. The molecule has 1 aromatic heterocycles. The van der Waals surface area contributed by atoms with Gasteiger partial charge in [-0.15, -0.1) is 0 Å². The fourth-order valence-electron chi connectivity index (χ4n) is 2.29. The van der Waals surface area contributed by atoms with E-state index in [1.54, 1.807) is 49.6 Å².